The third kappa shape index (κ3) is 3.63. The first-order valence-electron chi connectivity index (χ1n) is 5.76. The van der Waals surface area contributed by atoms with Crippen LogP contribution in [0.1, 0.15) is 20.9 Å². The number of thiophene rings is 1. The average molecular weight is 290 g/mol. The number of aliphatic hydroxyl groups excluding tert-OH is 1. The highest BCUT2D eigenvalue weighted by Gasteiger charge is 2.08. The fourth-order valence-corrected chi connectivity index (χ4v) is 2.25. The van der Waals surface area contributed by atoms with Crippen LogP contribution in [0.15, 0.2) is 29.8 Å². The van der Waals surface area contributed by atoms with Crippen molar-refractivity contribution in [2.45, 2.75) is 6.54 Å². The number of aromatic nitrogens is 1. The van der Waals surface area contributed by atoms with E-state index < -0.39 is 5.82 Å². The molecule has 0 spiro atoms. The van der Waals surface area contributed by atoms with Gasteiger partial charge >= 0.3 is 0 Å². The molecule has 4 nitrogen and oxygen atoms in total. The zero-order valence-electron chi connectivity index (χ0n) is 10.4. The summed E-state index contributed by atoms with van der Waals surface area (Å²) in [6.07, 6.45) is 0.998. The number of aliphatic hydroxyl groups is 1. The van der Waals surface area contributed by atoms with Crippen LogP contribution in [0, 0.1) is 17.7 Å². The van der Waals surface area contributed by atoms with Gasteiger partial charge in [0.05, 0.1) is 12.7 Å². The van der Waals surface area contributed by atoms with Crippen molar-refractivity contribution in [1.29, 1.82) is 0 Å². The Hall–Kier alpha value is -2.23. The largest absolute Gasteiger partial charge is 0.384 e. The summed E-state index contributed by atoms with van der Waals surface area (Å²) in [6, 6.07) is 4.34. The van der Waals surface area contributed by atoms with Gasteiger partial charge in [-0.25, -0.2) is 9.37 Å². The number of nitrogens with zero attached hydrogens (tertiary/aromatic N) is 1. The molecular weight excluding hydrogens is 279 g/mol. The van der Waals surface area contributed by atoms with Crippen LogP contribution in [0.5, 0.6) is 0 Å². The zero-order chi connectivity index (χ0) is 14.4. The van der Waals surface area contributed by atoms with Crippen molar-refractivity contribution in [2.75, 3.05) is 6.61 Å². The maximum atomic E-state index is 12.7. The molecule has 20 heavy (non-hydrogen) atoms. The highest BCUT2D eigenvalue weighted by molar-refractivity contribution is 7.10. The number of halogens is 1. The molecule has 2 heterocycles. The molecule has 2 aromatic heterocycles. The fraction of sp³-hybridized carbons (Fsp3) is 0.143. The number of carbonyl (C=O) groups is 1. The Morgan fingerprint density at radius 1 is 1.45 bits per heavy atom. The molecule has 0 aliphatic heterocycles. The molecule has 0 atom stereocenters. The van der Waals surface area contributed by atoms with Gasteiger partial charge in [-0.3, -0.25) is 4.79 Å². The van der Waals surface area contributed by atoms with Gasteiger partial charge in [0.2, 0.25) is 0 Å². The van der Waals surface area contributed by atoms with Gasteiger partial charge in [-0.2, -0.15) is 0 Å². The second-order valence-corrected chi connectivity index (χ2v) is 4.76. The van der Waals surface area contributed by atoms with E-state index in [1.165, 1.54) is 23.5 Å². The van der Waals surface area contributed by atoms with Crippen LogP contribution in [0.25, 0.3) is 0 Å². The number of pyridine rings is 1. The Kier molecular flexibility index (Phi) is 4.82. The van der Waals surface area contributed by atoms with Crippen molar-refractivity contribution in [1.82, 2.24) is 10.3 Å². The molecule has 2 N–H and O–H groups in total. The molecule has 0 aliphatic rings. The Balaban J connectivity index is 2.00. The van der Waals surface area contributed by atoms with E-state index >= 15 is 0 Å². The normalized spacial score (nSPS) is 9.70. The lowest BCUT2D eigenvalue weighted by atomic mass is 10.2. The average Bonchev–Trinajstić information content (AvgIpc) is 2.90. The summed E-state index contributed by atoms with van der Waals surface area (Å²) in [5.41, 5.74) is 0.933. The molecule has 2 aromatic rings. The lowest BCUT2D eigenvalue weighted by Gasteiger charge is -2.03. The summed E-state index contributed by atoms with van der Waals surface area (Å²) < 4.78 is 12.7. The Morgan fingerprint density at radius 3 is 3.00 bits per heavy atom. The minimum absolute atomic E-state index is 0.158. The summed E-state index contributed by atoms with van der Waals surface area (Å²) >= 11 is 1.46. The van der Waals surface area contributed by atoms with E-state index in [2.05, 4.69) is 22.1 Å². The minimum Gasteiger partial charge on any atom is -0.384 e. The Labute approximate surface area is 119 Å². The van der Waals surface area contributed by atoms with Gasteiger partial charge in [-0.15, -0.1) is 11.3 Å². The van der Waals surface area contributed by atoms with Gasteiger partial charge in [0.1, 0.15) is 18.1 Å². The predicted octanol–water partition coefficient (Wildman–Crippen LogP) is 1.56. The second-order valence-electron chi connectivity index (χ2n) is 3.76. The van der Waals surface area contributed by atoms with Gasteiger partial charge in [-0.1, -0.05) is 11.8 Å². The summed E-state index contributed by atoms with van der Waals surface area (Å²) in [5, 5.41) is 13.2. The maximum absolute atomic E-state index is 12.7. The Morgan fingerprint density at radius 2 is 2.30 bits per heavy atom. The van der Waals surface area contributed by atoms with Crippen molar-refractivity contribution in [2.24, 2.45) is 0 Å². The topological polar surface area (TPSA) is 62.2 Å². The highest BCUT2D eigenvalue weighted by Crippen LogP contribution is 2.15. The smallest absolute Gasteiger partial charge is 0.270 e. The lowest BCUT2D eigenvalue weighted by molar-refractivity contribution is 0.0946. The zero-order valence-corrected chi connectivity index (χ0v) is 11.2. The number of amides is 1. The first-order valence-corrected chi connectivity index (χ1v) is 6.64. The fourth-order valence-electron chi connectivity index (χ4n) is 1.48. The number of carbonyl (C=O) groups excluding carboxylic acids is 1. The van der Waals surface area contributed by atoms with Crippen molar-refractivity contribution in [3.63, 3.8) is 0 Å². The monoisotopic (exact) mass is 290 g/mol. The van der Waals surface area contributed by atoms with E-state index in [1.54, 1.807) is 0 Å². The molecule has 6 heteroatoms. The molecule has 0 bridgehead atoms. The minimum atomic E-state index is -0.485. The molecule has 0 saturated heterocycles. The quantitative estimate of drug-likeness (QED) is 0.843. The third-order valence-corrected chi connectivity index (χ3v) is 3.34. The molecule has 2 rings (SSSR count). The highest BCUT2D eigenvalue weighted by atomic mass is 32.1. The van der Waals surface area contributed by atoms with E-state index in [4.69, 9.17) is 5.11 Å². The van der Waals surface area contributed by atoms with Crippen LogP contribution >= 0.6 is 11.3 Å². The van der Waals surface area contributed by atoms with E-state index in [-0.39, 0.29) is 18.2 Å². The molecule has 1 amide bonds. The van der Waals surface area contributed by atoms with Crippen molar-refractivity contribution in [3.05, 3.63) is 51.7 Å². The number of rotatable bonds is 3. The van der Waals surface area contributed by atoms with Crippen LogP contribution in [0.2, 0.25) is 0 Å². The number of nitrogens with one attached hydrogen (secondary N) is 1. The summed E-state index contributed by atoms with van der Waals surface area (Å²) in [4.78, 5) is 16.4. The van der Waals surface area contributed by atoms with Crippen molar-refractivity contribution < 1.29 is 14.3 Å². The number of hydrogen-bond donors (Lipinski definition) is 2. The third-order valence-electron chi connectivity index (χ3n) is 2.42. The molecular formula is C14H11FN2O2S. The summed E-state index contributed by atoms with van der Waals surface area (Å²) in [7, 11) is 0. The van der Waals surface area contributed by atoms with E-state index in [1.807, 2.05) is 11.4 Å². The van der Waals surface area contributed by atoms with Crippen LogP contribution in [0.4, 0.5) is 4.39 Å². The SMILES string of the molecule is O=C(NCc1sccc1C#CCO)c1ccc(F)cn1. The van der Waals surface area contributed by atoms with E-state index in [9.17, 15) is 9.18 Å². The van der Waals surface area contributed by atoms with Crippen LogP contribution in [0.3, 0.4) is 0 Å². The Bertz CT molecular complexity index is 656. The van der Waals surface area contributed by atoms with Crippen LogP contribution in [-0.2, 0) is 6.54 Å². The standard InChI is InChI=1S/C14H11FN2O2S/c15-11-3-4-12(16-8-11)14(19)17-9-13-10(2-1-6-18)5-7-20-13/h3-5,7-8,18H,6,9H2,(H,17,19). The molecule has 0 unspecified atom stereocenters. The van der Waals surface area contributed by atoms with Gasteiger partial charge in [-0.05, 0) is 23.6 Å². The first kappa shape index (κ1) is 14.2. The van der Waals surface area contributed by atoms with E-state index in [0.29, 0.717) is 6.54 Å². The molecule has 0 aromatic carbocycles. The molecule has 0 fully saturated rings. The van der Waals surface area contributed by atoms with Crippen molar-refractivity contribution >= 4 is 17.2 Å². The molecule has 0 aliphatic carbocycles. The number of hydrogen-bond acceptors (Lipinski definition) is 4. The van der Waals surface area contributed by atoms with Gasteiger partial charge in [0.15, 0.2) is 0 Å². The maximum Gasteiger partial charge on any atom is 0.270 e. The molecule has 0 saturated carbocycles. The van der Waals surface area contributed by atoms with Gasteiger partial charge < -0.3 is 10.4 Å². The molecule has 102 valence electrons. The van der Waals surface area contributed by atoms with Gasteiger partial charge in [0, 0.05) is 10.4 Å². The summed E-state index contributed by atoms with van der Waals surface area (Å²) in [5.74, 6) is 4.51. The molecule has 0 radical (unpaired) electrons. The summed E-state index contributed by atoms with van der Waals surface area (Å²) in [6.45, 7) is 0.103. The van der Waals surface area contributed by atoms with Crippen LogP contribution < -0.4 is 5.32 Å². The van der Waals surface area contributed by atoms with Crippen molar-refractivity contribution in [3.8, 4) is 11.8 Å². The lowest BCUT2D eigenvalue weighted by Crippen LogP contribution is -2.23. The van der Waals surface area contributed by atoms with Gasteiger partial charge in [0.25, 0.3) is 5.91 Å². The second kappa shape index (κ2) is 6.80. The van der Waals surface area contributed by atoms with Crippen LogP contribution in [-0.4, -0.2) is 22.6 Å². The first-order chi connectivity index (χ1) is 9.70. The van der Waals surface area contributed by atoms with E-state index in [0.717, 1.165) is 16.6 Å². The predicted molar refractivity (Wildman–Crippen MR) is 73.6 cm³/mol.